The monoisotopic (exact) mass is 435 g/mol. The second-order valence-electron chi connectivity index (χ2n) is 7.59. The van der Waals surface area contributed by atoms with Gasteiger partial charge in [-0.1, -0.05) is 25.5 Å². The lowest BCUT2D eigenvalue weighted by Gasteiger charge is -2.16. The second kappa shape index (κ2) is 9.13. The molecule has 32 heavy (non-hydrogen) atoms. The molecule has 4 rings (SSSR count). The standard InChI is InChI=1S/C24H22FN3O4/c1-2-3-8-21-27-19-10-9-16(11-20(19)32-21)22(29)26-13-15(12-25)14-28-23(30)17-6-4-5-7-18(17)24(28)31/h4-7,9-12H,2-3,8,13-14H2,1H3,(H,26,29)/b15-12-. The number of unbranched alkanes of at least 4 members (excludes halogenated alkanes) is 1. The summed E-state index contributed by atoms with van der Waals surface area (Å²) in [6.45, 7) is 1.68. The molecule has 3 amide bonds. The lowest BCUT2D eigenvalue weighted by atomic mass is 10.1. The molecule has 2 heterocycles. The highest BCUT2D eigenvalue weighted by molar-refractivity contribution is 6.21. The minimum absolute atomic E-state index is 0.0930. The van der Waals surface area contributed by atoms with Gasteiger partial charge in [-0.05, 0) is 42.3 Å². The molecule has 0 radical (unpaired) electrons. The second-order valence-corrected chi connectivity index (χ2v) is 7.59. The lowest BCUT2D eigenvalue weighted by Crippen LogP contribution is -2.35. The first-order valence-electron chi connectivity index (χ1n) is 10.4. The number of aryl methyl sites for hydroxylation is 1. The van der Waals surface area contributed by atoms with Gasteiger partial charge in [0.1, 0.15) is 5.52 Å². The number of oxazole rings is 1. The van der Waals surface area contributed by atoms with Crippen molar-refractivity contribution in [2.75, 3.05) is 13.1 Å². The molecular weight excluding hydrogens is 413 g/mol. The molecule has 0 unspecified atom stereocenters. The maximum atomic E-state index is 13.5. The van der Waals surface area contributed by atoms with E-state index in [1.54, 1.807) is 42.5 Å². The molecule has 0 aliphatic carbocycles. The Morgan fingerprint density at radius 3 is 2.53 bits per heavy atom. The zero-order valence-electron chi connectivity index (χ0n) is 17.6. The Bertz CT molecular complexity index is 1200. The Hall–Kier alpha value is -3.81. The number of fused-ring (bicyclic) bond motifs is 2. The normalized spacial score (nSPS) is 13.7. The average Bonchev–Trinajstić information content (AvgIpc) is 3.33. The van der Waals surface area contributed by atoms with Crippen LogP contribution >= 0.6 is 0 Å². The number of hydrogen-bond donors (Lipinski definition) is 1. The van der Waals surface area contributed by atoms with Gasteiger partial charge in [0, 0.05) is 18.5 Å². The van der Waals surface area contributed by atoms with Gasteiger partial charge in [-0.25, -0.2) is 9.37 Å². The summed E-state index contributed by atoms with van der Waals surface area (Å²) >= 11 is 0. The minimum atomic E-state index is -0.481. The van der Waals surface area contributed by atoms with Crippen molar-refractivity contribution in [1.29, 1.82) is 0 Å². The first kappa shape index (κ1) is 21.4. The fourth-order valence-electron chi connectivity index (χ4n) is 3.56. The van der Waals surface area contributed by atoms with E-state index in [2.05, 4.69) is 17.2 Å². The molecule has 0 saturated carbocycles. The quantitative estimate of drug-likeness (QED) is 0.539. The van der Waals surface area contributed by atoms with Crippen molar-refractivity contribution < 1.29 is 23.2 Å². The molecule has 164 valence electrons. The molecule has 3 aromatic rings. The van der Waals surface area contributed by atoms with Crippen molar-refractivity contribution in [3.05, 3.63) is 76.9 Å². The summed E-state index contributed by atoms with van der Waals surface area (Å²) in [6.07, 6.45) is 3.03. The Morgan fingerprint density at radius 1 is 1.16 bits per heavy atom. The third-order valence-electron chi connectivity index (χ3n) is 5.31. The van der Waals surface area contributed by atoms with E-state index in [9.17, 15) is 18.8 Å². The number of carbonyl (C=O) groups is 3. The van der Waals surface area contributed by atoms with E-state index in [1.165, 1.54) is 0 Å². The van der Waals surface area contributed by atoms with Crippen LogP contribution in [0.3, 0.4) is 0 Å². The van der Waals surface area contributed by atoms with E-state index in [0.29, 0.717) is 40.0 Å². The highest BCUT2D eigenvalue weighted by atomic mass is 19.1. The topological polar surface area (TPSA) is 92.5 Å². The number of rotatable bonds is 8. The number of nitrogens with zero attached hydrogens (tertiary/aromatic N) is 2. The van der Waals surface area contributed by atoms with Crippen LogP contribution in [0.15, 0.2) is 58.8 Å². The first-order chi connectivity index (χ1) is 15.5. The predicted molar refractivity (Wildman–Crippen MR) is 116 cm³/mol. The molecule has 7 nitrogen and oxygen atoms in total. The van der Waals surface area contributed by atoms with Crippen molar-refractivity contribution in [2.45, 2.75) is 26.2 Å². The Kier molecular flexibility index (Phi) is 6.11. The van der Waals surface area contributed by atoms with Gasteiger partial charge in [0.15, 0.2) is 11.5 Å². The highest BCUT2D eigenvalue weighted by Gasteiger charge is 2.35. The Morgan fingerprint density at radius 2 is 1.88 bits per heavy atom. The van der Waals surface area contributed by atoms with Crippen LogP contribution in [0.25, 0.3) is 11.1 Å². The molecule has 1 aliphatic rings. The van der Waals surface area contributed by atoms with Gasteiger partial charge < -0.3 is 9.73 Å². The van der Waals surface area contributed by atoms with Crippen LogP contribution < -0.4 is 5.32 Å². The summed E-state index contributed by atoms with van der Waals surface area (Å²) in [6, 6.07) is 11.4. The molecular formula is C24H22FN3O4. The van der Waals surface area contributed by atoms with Gasteiger partial charge in [0.2, 0.25) is 0 Å². The summed E-state index contributed by atoms with van der Waals surface area (Å²) in [5.41, 5.74) is 2.19. The van der Waals surface area contributed by atoms with Crippen LogP contribution in [0.4, 0.5) is 4.39 Å². The van der Waals surface area contributed by atoms with Crippen molar-refractivity contribution in [1.82, 2.24) is 15.2 Å². The van der Waals surface area contributed by atoms with E-state index in [0.717, 1.165) is 24.2 Å². The van der Waals surface area contributed by atoms with E-state index in [-0.39, 0.29) is 18.7 Å². The van der Waals surface area contributed by atoms with Crippen LogP contribution in [0, 0.1) is 0 Å². The lowest BCUT2D eigenvalue weighted by molar-refractivity contribution is 0.0667. The summed E-state index contributed by atoms with van der Waals surface area (Å²) in [5, 5.41) is 2.62. The summed E-state index contributed by atoms with van der Waals surface area (Å²) in [4.78, 5) is 42.9. The van der Waals surface area contributed by atoms with Crippen LogP contribution in [0.2, 0.25) is 0 Å². The molecule has 1 aromatic heterocycles. The largest absolute Gasteiger partial charge is 0.441 e. The number of aromatic nitrogens is 1. The number of carbonyl (C=O) groups excluding carboxylic acids is 3. The van der Waals surface area contributed by atoms with Crippen LogP contribution in [0.1, 0.15) is 56.7 Å². The van der Waals surface area contributed by atoms with Crippen molar-refractivity contribution in [3.8, 4) is 0 Å². The average molecular weight is 435 g/mol. The molecule has 0 bridgehead atoms. The fraction of sp³-hybridized carbons (Fsp3) is 0.250. The molecule has 0 spiro atoms. The number of hydrogen-bond acceptors (Lipinski definition) is 5. The van der Waals surface area contributed by atoms with Crippen molar-refractivity contribution in [2.24, 2.45) is 0 Å². The third kappa shape index (κ3) is 4.16. The summed E-state index contributed by atoms with van der Waals surface area (Å²) in [7, 11) is 0. The number of nitrogens with one attached hydrogen (secondary N) is 1. The number of benzene rings is 2. The van der Waals surface area contributed by atoms with Crippen molar-refractivity contribution in [3.63, 3.8) is 0 Å². The molecule has 1 N–H and O–H groups in total. The van der Waals surface area contributed by atoms with Gasteiger partial charge in [-0.15, -0.1) is 0 Å². The van der Waals surface area contributed by atoms with Gasteiger partial charge in [0.05, 0.1) is 24.0 Å². The number of imide groups is 1. The van der Waals surface area contributed by atoms with E-state index >= 15 is 0 Å². The fourth-order valence-corrected chi connectivity index (χ4v) is 3.56. The molecule has 0 atom stereocenters. The van der Waals surface area contributed by atoms with Gasteiger partial charge in [0.25, 0.3) is 17.7 Å². The molecule has 0 saturated heterocycles. The van der Waals surface area contributed by atoms with Crippen molar-refractivity contribution >= 4 is 28.8 Å². The molecule has 1 aliphatic heterocycles. The highest BCUT2D eigenvalue weighted by Crippen LogP contribution is 2.23. The summed E-state index contributed by atoms with van der Waals surface area (Å²) in [5.74, 6) is -0.764. The van der Waals surface area contributed by atoms with Crippen LogP contribution in [-0.4, -0.2) is 40.7 Å². The SMILES string of the molecule is CCCCc1nc2ccc(C(=O)NC/C(=C/F)CN3C(=O)c4ccccc4C3=O)cc2o1. The van der Waals surface area contributed by atoms with Crippen LogP contribution in [0.5, 0.6) is 0 Å². The zero-order chi connectivity index (χ0) is 22.7. The molecule has 8 heteroatoms. The van der Waals surface area contributed by atoms with Gasteiger partial charge in [-0.2, -0.15) is 0 Å². The predicted octanol–water partition coefficient (Wildman–Crippen LogP) is 4.05. The van der Waals surface area contributed by atoms with Gasteiger partial charge in [-0.3, -0.25) is 19.3 Å². The van der Waals surface area contributed by atoms with E-state index < -0.39 is 17.7 Å². The summed E-state index contributed by atoms with van der Waals surface area (Å²) < 4.78 is 19.2. The molecule has 2 aromatic carbocycles. The Balaban J connectivity index is 1.39. The number of amides is 3. The Labute approximate surface area is 183 Å². The molecule has 0 fully saturated rings. The van der Waals surface area contributed by atoms with E-state index in [1.807, 2.05) is 0 Å². The van der Waals surface area contributed by atoms with Crippen LogP contribution in [-0.2, 0) is 6.42 Å². The smallest absolute Gasteiger partial charge is 0.261 e. The van der Waals surface area contributed by atoms with Gasteiger partial charge >= 0.3 is 0 Å². The maximum absolute atomic E-state index is 13.5. The minimum Gasteiger partial charge on any atom is -0.441 e. The maximum Gasteiger partial charge on any atom is 0.261 e. The third-order valence-corrected chi connectivity index (χ3v) is 5.31. The van der Waals surface area contributed by atoms with E-state index in [4.69, 9.17) is 4.42 Å². The first-order valence-corrected chi connectivity index (χ1v) is 10.4. The zero-order valence-corrected chi connectivity index (χ0v) is 17.6. The number of halogens is 1.